The fourth-order valence-electron chi connectivity index (χ4n) is 3.18. The molecule has 0 unspecified atom stereocenters. The van der Waals surface area contributed by atoms with Gasteiger partial charge in [-0.15, -0.1) is 0 Å². The van der Waals surface area contributed by atoms with Gasteiger partial charge in [0.05, 0.1) is 0 Å². The van der Waals surface area contributed by atoms with Crippen LogP contribution < -0.4 is 10.1 Å². The smallest absolute Gasteiger partial charge is 0.253 e. The normalized spacial score (nSPS) is 15.2. The summed E-state index contributed by atoms with van der Waals surface area (Å²) in [5.74, 6) is 1.47. The highest BCUT2D eigenvalue weighted by Gasteiger charge is 2.23. The van der Waals surface area contributed by atoms with Crippen LogP contribution >= 0.6 is 0 Å². The van der Waals surface area contributed by atoms with E-state index in [0.29, 0.717) is 23.8 Å². The number of likely N-dealkylation sites (tertiary alicyclic amines) is 1. The van der Waals surface area contributed by atoms with Crippen LogP contribution in [0.2, 0.25) is 0 Å². The average molecular weight is 339 g/mol. The van der Waals surface area contributed by atoms with Gasteiger partial charge < -0.3 is 15.0 Å². The molecule has 25 heavy (non-hydrogen) atoms. The van der Waals surface area contributed by atoms with Gasteiger partial charge in [-0.05, 0) is 56.6 Å². The molecular weight excluding hydrogens is 314 g/mol. The van der Waals surface area contributed by atoms with Crippen molar-refractivity contribution in [2.45, 2.75) is 19.4 Å². The number of hydrogen-bond donors (Lipinski definition) is 1. The third-order valence-electron chi connectivity index (χ3n) is 4.60. The fourth-order valence-corrected chi connectivity index (χ4v) is 3.18. The lowest BCUT2D eigenvalue weighted by Crippen LogP contribution is -2.40. The summed E-state index contributed by atoms with van der Waals surface area (Å²) in [5, 5.41) is 3.22. The SMILES string of the molecule is CNCC1CCN(C(=O)c2cccc(OCc3cccnc3)c2)CC1. The van der Waals surface area contributed by atoms with E-state index in [1.165, 1.54) is 0 Å². The van der Waals surface area contributed by atoms with Crippen molar-refractivity contribution in [3.63, 3.8) is 0 Å². The molecule has 1 fully saturated rings. The number of hydrogen-bond acceptors (Lipinski definition) is 4. The van der Waals surface area contributed by atoms with Gasteiger partial charge in [0, 0.05) is 36.6 Å². The predicted octanol–water partition coefficient (Wildman–Crippen LogP) is 2.73. The fraction of sp³-hybridized carbons (Fsp3) is 0.400. The van der Waals surface area contributed by atoms with E-state index in [9.17, 15) is 4.79 Å². The van der Waals surface area contributed by atoms with E-state index >= 15 is 0 Å². The Morgan fingerprint density at radius 1 is 1.28 bits per heavy atom. The molecule has 1 saturated heterocycles. The van der Waals surface area contributed by atoms with Crippen molar-refractivity contribution in [1.29, 1.82) is 0 Å². The first-order chi connectivity index (χ1) is 12.3. The molecule has 1 aromatic carbocycles. The van der Waals surface area contributed by atoms with Crippen LogP contribution in [-0.2, 0) is 6.61 Å². The molecule has 1 amide bonds. The van der Waals surface area contributed by atoms with E-state index in [4.69, 9.17) is 4.74 Å². The van der Waals surface area contributed by atoms with Crippen LogP contribution in [-0.4, -0.2) is 42.5 Å². The van der Waals surface area contributed by atoms with E-state index < -0.39 is 0 Å². The zero-order valence-corrected chi connectivity index (χ0v) is 14.6. The number of nitrogens with one attached hydrogen (secondary N) is 1. The van der Waals surface area contributed by atoms with Gasteiger partial charge in [0.2, 0.25) is 0 Å². The first-order valence-electron chi connectivity index (χ1n) is 8.82. The monoisotopic (exact) mass is 339 g/mol. The van der Waals surface area contributed by atoms with Crippen molar-refractivity contribution in [3.8, 4) is 5.75 Å². The van der Waals surface area contributed by atoms with Crippen LogP contribution in [0.4, 0.5) is 0 Å². The minimum Gasteiger partial charge on any atom is -0.489 e. The molecule has 3 rings (SSSR count). The Labute approximate surface area is 149 Å². The molecular formula is C20H25N3O2. The lowest BCUT2D eigenvalue weighted by Gasteiger charge is -2.32. The van der Waals surface area contributed by atoms with E-state index in [2.05, 4.69) is 10.3 Å². The van der Waals surface area contributed by atoms with Crippen LogP contribution in [0.25, 0.3) is 0 Å². The van der Waals surface area contributed by atoms with Crippen LogP contribution in [0.5, 0.6) is 5.75 Å². The Morgan fingerprint density at radius 2 is 2.12 bits per heavy atom. The summed E-state index contributed by atoms with van der Waals surface area (Å²) in [4.78, 5) is 18.8. The number of pyridine rings is 1. The van der Waals surface area contributed by atoms with Gasteiger partial charge in [-0.25, -0.2) is 0 Å². The third kappa shape index (κ3) is 4.79. The molecule has 2 aromatic rings. The minimum absolute atomic E-state index is 0.0923. The van der Waals surface area contributed by atoms with E-state index in [1.54, 1.807) is 12.4 Å². The Kier molecular flexibility index (Phi) is 6.01. The number of amides is 1. The molecule has 0 saturated carbocycles. The largest absolute Gasteiger partial charge is 0.489 e. The maximum absolute atomic E-state index is 12.7. The second kappa shape index (κ2) is 8.62. The first-order valence-corrected chi connectivity index (χ1v) is 8.82. The number of piperidine rings is 1. The van der Waals surface area contributed by atoms with Gasteiger partial charge in [-0.1, -0.05) is 12.1 Å². The molecule has 1 aliphatic rings. The number of carbonyl (C=O) groups excluding carboxylic acids is 1. The summed E-state index contributed by atoms with van der Waals surface area (Å²) >= 11 is 0. The van der Waals surface area contributed by atoms with Gasteiger partial charge in [-0.2, -0.15) is 0 Å². The highest BCUT2D eigenvalue weighted by atomic mass is 16.5. The molecule has 0 spiro atoms. The Balaban J connectivity index is 1.58. The molecule has 1 aromatic heterocycles. The summed E-state index contributed by atoms with van der Waals surface area (Å²) in [6.45, 7) is 3.12. The van der Waals surface area contributed by atoms with Crippen LogP contribution in [0, 0.1) is 5.92 Å². The molecule has 5 heteroatoms. The zero-order chi connectivity index (χ0) is 17.5. The molecule has 0 radical (unpaired) electrons. The summed E-state index contributed by atoms with van der Waals surface area (Å²) in [6.07, 6.45) is 5.64. The standard InChI is InChI=1S/C20H25N3O2/c1-21-13-16-7-10-23(11-8-16)20(24)18-5-2-6-19(12-18)25-15-17-4-3-9-22-14-17/h2-6,9,12,14,16,21H,7-8,10-11,13,15H2,1H3. The second-order valence-electron chi connectivity index (χ2n) is 6.47. The third-order valence-corrected chi connectivity index (χ3v) is 4.60. The highest BCUT2D eigenvalue weighted by molar-refractivity contribution is 5.94. The van der Waals surface area contributed by atoms with Crippen molar-refractivity contribution in [1.82, 2.24) is 15.2 Å². The van der Waals surface area contributed by atoms with E-state index in [-0.39, 0.29) is 5.91 Å². The zero-order valence-electron chi connectivity index (χ0n) is 14.6. The average Bonchev–Trinajstić information content (AvgIpc) is 2.68. The molecule has 0 atom stereocenters. The molecule has 1 aliphatic heterocycles. The molecule has 0 aliphatic carbocycles. The maximum atomic E-state index is 12.7. The lowest BCUT2D eigenvalue weighted by molar-refractivity contribution is 0.0690. The number of rotatable bonds is 6. The number of carbonyl (C=O) groups is 1. The molecule has 132 valence electrons. The van der Waals surface area contributed by atoms with Crippen LogP contribution in [0.15, 0.2) is 48.8 Å². The van der Waals surface area contributed by atoms with Gasteiger partial charge in [0.1, 0.15) is 12.4 Å². The minimum atomic E-state index is 0.0923. The number of ether oxygens (including phenoxy) is 1. The van der Waals surface area contributed by atoms with Crippen molar-refractivity contribution in [2.24, 2.45) is 5.92 Å². The van der Waals surface area contributed by atoms with Crippen molar-refractivity contribution >= 4 is 5.91 Å². The highest BCUT2D eigenvalue weighted by Crippen LogP contribution is 2.21. The number of benzene rings is 1. The summed E-state index contributed by atoms with van der Waals surface area (Å²) < 4.78 is 5.80. The Morgan fingerprint density at radius 3 is 2.84 bits per heavy atom. The summed E-state index contributed by atoms with van der Waals surface area (Å²) in [7, 11) is 1.98. The molecule has 0 bridgehead atoms. The van der Waals surface area contributed by atoms with Crippen molar-refractivity contribution in [3.05, 3.63) is 59.9 Å². The van der Waals surface area contributed by atoms with Gasteiger partial charge in [0.25, 0.3) is 5.91 Å². The first kappa shape index (κ1) is 17.4. The van der Waals surface area contributed by atoms with Crippen LogP contribution in [0.3, 0.4) is 0 Å². The predicted molar refractivity (Wildman–Crippen MR) is 97.6 cm³/mol. The van der Waals surface area contributed by atoms with E-state index in [0.717, 1.165) is 38.0 Å². The Hall–Kier alpha value is -2.40. The number of nitrogens with zero attached hydrogens (tertiary/aromatic N) is 2. The van der Waals surface area contributed by atoms with Gasteiger partial charge >= 0.3 is 0 Å². The second-order valence-corrected chi connectivity index (χ2v) is 6.47. The molecule has 5 nitrogen and oxygen atoms in total. The topological polar surface area (TPSA) is 54.5 Å². The lowest BCUT2D eigenvalue weighted by atomic mass is 9.96. The maximum Gasteiger partial charge on any atom is 0.253 e. The van der Waals surface area contributed by atoms with Crippen LogP contribution in [0.1, 0.15) is 28.8 Å². The van der Waals surface area contributed by atoms with Crippen molar-refractivity contribution < 1.29 is 9.53 Å². The summed E-state index contributed by atoms with van der Waals surface area (Å²) in [6, 6.07) is 11.3. The quantitative estimate of drug-likeness (QED) is 0.879. The Bertz CT molecular complexity index is 682. The number of aromatic nitrogens is 1. The van der Waals surface area contributed by atoms with Gasteiger partial charge in [0.15, 0.2) is 0 Å². The van der Waals surface area contributed by atoms with Gasteiger partial charge in [-0.3, -0.25) is 9.78 Å². The van der Waals surface area contributed by atoms with Crippen molar-refractivity contribution in [2.75, 3.05) is 26.7 Å². The molecule has 2 heterocycles. The summed E-state index contributed by atoms with van der Waals surface area (Å²) in [5.41, 5.74) is 1.70. The molecule has 1 N–H and O–H groups in total. The van der Waals surface area contributed by atoms with E-state index in [1.807, 2.05) is 48.3 Å².